The first-order valence-corrected chi connectivity index (χ1v) is 7.81. The summed E-state index contributed by atoms with van der Waals surface area (Å²) in [5.41, 5.74) is 1.05. The lowest BCUT2D eigenvalue weighted by Gasteiger charge is -2.17. The molecule has 0 unspecified atom stereocenters. The Labute approximate surface area is 145 Å². The number of carbonyl (C=O) groups excluding carboxylic acids is 1. The quantitative estimate of drug-likeness (QED) is 0.859. The van der Waals surface area contributed by atoms with Gasteiger partial charge in [0, 0.05) is 16.8 Å². The number of anilines is 1. The first-order valence-electron chi connectivity index (χ1n) is 7.43. The SMILES string of the molecule is CCOc1cc(C#N)ccc1O[C@@H](C)C(=O)Nc1cccc(Cl)c1. The lowest BCUT2D eigenvalue weighted by atomic mass is 10.2. The van der Waals surface area contributed by atoms with E-state index in [1.807, 2.05) is 13.0 Å². The van der Waals surface area contributed by atoms with Crippen LogP contribution in [0.5, 0.6) is 11.5 Å². The van der Waals surface area contributed by atoms with E-state index in [1.54, 1.807) is 49.4 Å². The molecule has 2 rings (SSSR count). The van der Waals surface area contributed by atoms with Crippen LogP contribution in [-0.2, 0) is 4.79 Å². The van der Waals surface area contributed by atoms with Crippen LogP contribution in [0.15, 0.2) is 42.5 Å². The lowest BCUT2D eigenvalue weighted by molar-refractivity contribution is -0.122. The minimum absolute atomic E-state index is 0.316. The van der Waals surface area contributed by atoms with Crippen molar-refractivity contribution in [3.05, 3.63) is 53.1 Å². The molecule has 0 aliphatic rings. The maximum Gasteiger partial charge on any atom is 0.265 e. The molecule has 24 heavy (non-hydrogen) atoms. The molecular weight excluding hydrogens is 328 g/mol. The summed E-state index contributed by atoms with van der Waals surface area (Å²) in [7, 11) is 0. The van der Waals surface area contributed by atoms with E-state index in [1.165, 1.54) is 0 Å². The highest BCUT2D eigenvalue weighted by Crippen LogP contribution is 2.29. The smallest absolute Gasteiger partial charge is 0.265 e. The van der Waals surface area contributed by atoms with Crippen molar-refractivity contribution in [3.63, 3.8) is 0 Å². The predicted molar refractivity (Wildman–Crippen MR) is 92.5 cm³/mol. The van der Waals surface area contributed by atoms with Gasteiger partial charge >= 0.3 is 0 Å². The molecule has 0 saturated carbocycles. The van der Waals surface area contributed by atoms with Gasteiger partial charge in [0.2, 0.25) is 0 Å². The van der Waals surface area contributed by atoms with Crippen molar-refractivity contribution in [2.24, 2.45) is 0 Å². The van der Waals surface area contributed by atoms with Crippen LogP contribution in [0.2, 0.25) is 5.02 Å². The number of rotatable bonds is 6. The van der Waals surface area contributed by atoms with Gasteiger partial charge in [-0.1, -0.05) is 17.7 Å². The normalized spacial score (nSPS) is 11.2. The molecule has 5 nitrogen and oxygen atoms in total. The van der Waals surface area contributed by atoms with E-state index in [2.05, 4.69) is 5.32 Å². The minimum Gasteiger partial charge on any atom is -0.490 e. The minimum atomic E-state index is -0.754. The molecule has 2 aromatic rings. The van der Waals surface area contributed by atoms with Crippen LogP contribution in [0.4, 0.5) is 5.69 Å². The van der Waals surface area contributed by atoms with E-state index in [9.17, 15) is 4.79 Å². The van der Waals surface area contributed by atoms with Gasteiger partial charge in [-0.2, -0.15) is 5.26 Å². The zero-order chi connectivity index (χ0) is 17.5. The van der Waals surface area contributed by atoms with Crippen LogP contribution in [-0.4, -0.2) is 18.6 Å². The number of ether oxygens (including phenoxy) is 2. The van der Waals surface area contributed by atoms with Crippen LogP contribution < -0.4 is 14.8 Å². The maximum atomic E-state index is 12.2. The number of nitriles is 1. The summed E-state index contributed by atoms with van der Waals surface area (Å²) in [6, 6.07) is 13.7. The molecule has 124 valence electrons. The predicted octanol–water partition coefficient (Wildman–Crippen LogP) is 4.02. The molecular formula is C18H17ClN2O3. The van der Waals surface area contributed by atoms with E-state index in [-0.39, 0.29) is 5.91 Å². The summed E-state index contributed by atoms with van der Waals surface area (Å²) < 4.78 is 11.2. The van der Waals surface area contributed by atoms with Gasteiger partial charge in [-0.25, -0.2) is 0 Å². The van der Waals surface area contributed by atoms with Crippen molar-refractivity contribution in [2.45, 2.75) is 20.0 Å². The van der Waals surface area contributed by atoms with Gasteiger partial charge in [-0.05, 0) is 44.2 Å². The van der Waals surface area contributed by atoms with Gasteiger partial charge in [0.1, 0.15) is 0 Å². The van der Waals surface area contributed by atoms with Gasteiger partial charge < -0.3 is 14.8 Å². The first kappa shape index (κ1) is 17.6. The monoisotopic (exact) mass is 344 g/mol. The van der Waals surface area contributed by atoms with Crippen molar-refractivity contribution in [2.75, 3.05) is 11.9 Å². The van der Waals surface area contributed by atoms with E-state index < -0.39 is 6.10 Å². The molecule has 0 aromatic heterocycles. The van der Waals surface area contributed by atoms with Crippen LogP contribution in [0.3, 0.4) is 0 Å². The zero-order valence-electron chi connectivity index (χ0n) is 13.4. The summed E-state index contributed by atoms with van der Waals surface area (Å²) >= 11 is 5.90. The molecule has 6 heteroatoms. The topological polar surface area (TPSA) is 71.3 Å². The van der Waals surface area contributed by atoms with Gasteiger partial charge in [-0.15, -0.1) is 0 Å². The number of nitrogens with one attached hydrogen (secondary N) is 1. The Hall–Kier alpha value is -2.71. The van der Waals surface area contributed by atoms with Crippen molar-refractivity contribution < 1.29 is 14.3 Å². The summed E-state index contributed by atoms with van der Waals surface area (Å²) in [5, 5.41) is 12.2. The second kappa shape index (κ2) is 8.23. The Morgan fingerprint density at radius 2 is 2.08 bits per heavy atom. The number of hydrogen-bond acceptors (Lipinski definition) is 4. The molecule has 0 radical (unpaired) electrons. The molecule has 1 atom stereocenters. The highest BCUT2D eigenvalue weighted by molar-refractivity contribution is 6.30. The summed E-state index contributed by atoms with van der Waals surface area (Å²) in [5.74, 6) is 0.521. The fourth-order valence-electron chi connectivity index (χ4n) is 2.00. The lowest BCUT2D eigenvalue weighted by Crippen LogP contribution is -2.30. The first-order chi connectivity index (χ1) is 11.5. The summed E-state index contributed by atoms with van der Waals surface area (Å²) in [6.07, 6.45) is -0.754. The highest BCUT2D eigenvalue weighted by atomic mass is 35.5. The third-order valence-electron chi connectivity index (χ3n) is 3.14. The Balaban J connectivity index is 2.09. The largest absolute Gasteiger partial charge is 0.490 e. The molecule has 0 spiro atoms. The van der Waals surface area contributed by atoms with Crippen molar-refractivity contribution >= 4 is 23.2 Å². The van der Waals surface area contributed by atoms with Crippen molar-refractivity contribution in [3.8, 4) is 17.6 Å². The van der Waals surface area contributed by atoms with E-state index in [4.69, 9.17) is 26.3 Å². The number of halogens is 1. The van der Waals surface area contributed by atoms with Crippen LogP contribution >= 0.6 is 11.6 Å². The Morgan fingerprint density at radius 1 is 1.29 bits per heavy atom. The van der Waals surface area contributed by atoms with Gasteiger partial charge in [0.25, 0.3) is 5.91 Å². The Bertz CT molecular complexity index is 771. The number of carbonyl (C=O) groups is 1. The second-order valence-electron chi connectivity index (χ2n) is 4.97. The molecule has 0 bridgehead atoms. The van der Waals surface area contributed by atoms with E-state index >= 15 is 0 Å². The third kappa shape index (κ3) is 4.64. The molecule has 1 amide bonds. The average Bonchev–Trinajstić information content (AvgIpc) is 2.56. The molecule has 0 aliphatic carbocycles. The number of benzene rings is 2. The third-order valence-corrected chi connectivity index (χ3v) is 3.37. The van der Waals surface area contributed by atoms with E-state index in [0.29, 0.717) is 34.4 Å². The summed E-state index contributed by atoms with van der Waals surface area (Å²) in [4.78, 5) is 12.2. The summed E-state index contributed by atoms with van der Waals surface area (Å²) in [6.45, 7) is 3.89. The van der Waals surface area contributed by atoms with Gasteiger partial charge in [0.05, 0.1) is 18.2 Å². The number of hydrogen-bond donors (Lipinski definition) is 1. The molecule has 0 saturated heterocycles. The molecule has 0 aliphatic heterocycles. The molecule has 1 N–H and O–H groups in total. The Morgan fingerprint density at radius 3 is 2.75 bits per heavy atom. The second-order valence-corrected chi connectivity index (χ2v) is 5.40. The van der Waals surface area contributed by atoms with Gasteiger partial charge in [0.15, 0.2) is 17.6 Å². The standard InChI is InChI=1S/C18H17ClN2O3/c1-3-23-17-9-13(11-20)7-8-16(17)24-12(2)18(22)21-15-6-4-5-14(19)10-15/h4-10,12H,3H2,1-2H3,(H,21,22)/t12-/m0/s1. The zero-order valence-corrected chi connectivity index (χ0v) is 14.1. The fourth-order valence-corrected chi connectivity index (χ4v) is 2.19. The molecule has 2 aromatic carbocycles. The average molecular weight is 345 g/mol. The fraction of sp³-hybridized carbons (Fsp3) is 0.222. The highest BCUT2D eigenvalue weighted by Gasteiger charge is 2.17. The van der Waals surface area contributed by atoms with Crippen LogP contribution in [0, 0.1) is 11.3 Å². The molecule has 0 heterocycles. The van der Waals surface area contributed by atoms with Crippen molar-refractivity contribution in [1.29, 1.82) is 5.26 Å². The molecule has 0 fully saturated rings. The Kier molecular flexibility index (Phi) is 6.05. The van der Waals surface area contributed by atoms with E-state index in [0.717, 1.165) is 0 Å². The maximum absolute atomic E-state index is 12.2. The number of amides is 1. The van der Waals surface area contributed by atoms with Gasteiger partial charge in [-0.3, -0.25) is 4.79 Å². The van der Waals surface area contributed by atoms with Crippen molar-refractivity contribution in [1.82, 2.24) is 0 Å². The number of nitrogens with zero attached hydrogens (tertiary/aromatic N) is 1. The van der Waals surface area contributed by atoms with Crippen LogP contribution in [0.25, 0.3) is 0 Å². The van der Waals surface area contributed by atoms with Crippen LogP contribution in [0.1, 0.15) is 19.4 Å².